The highest BCUT2D eigenvalue weighted by atomic mass is 16.1. The third kappa shape index (κ3) is 5.40. The zero-order valence-electron chi connectivity index (χ0n) is 9.18. The van der Waals surface area contributed by atoms with Crippen LogP contribution in [-0.4, -0.2) is 5.78 Å². The van der Waals surface area contributed by atoms with E-state index in [4.69, 9.17) is 0 Å². The van der Waals surface area contributed by atoms with Gasteiger partial charge in [0, 0.05) is 5.92 Å². The van der Waals surface area contributed by atoms with Crippen molar-refractivity contribution < 1.29 is 4.79 Å². The molecule has 0 saturated heterocycles. The van der Waals surface area contributed by atoms with Gasteiger partial charge in [0.15, 0.2) is 0 Å². The third-order valence-electron chi connectivity index (χ3n) is 2.24. The largest absolute Gasteiger partial charge is 0.299 e. The number of carbonyl (C=O) groups is 1. The zero-order chi connectivity index (χ0) is 10.4. The Labute approximate surface area is 81.5 Å². The van der Waals surface area contributed by atoms with Crippen LogP contribution in [-0.2, 0) is 4.79 Å². The summed E-state index contributed by atoms with van der Waals surface area (Å²) in [7, 11) is 0. The summed E-state index contributed by atoms with van der Waals surface area (Å²) in [6.07, 6.45) is 4.10. The van der Waals surface area contributed by atoms with Crippen LogP contribution < -0.4 is 0 Å². The molecule has 0 aromatic rings. The van der Waals surface area contributed by atoms with Gasteiger partial charge in [0.1, 0.15) is 5.78 Å². The van der Waals surface area contributed by atoms with E-state index in [1.54, 1.807) is 6.92 Å². The Morgan fingerprint density at radius 2 is 1.92 bits per heavy atom. The van der Waals surface area contributed by atoms with Gasteiger partial charge < -0.3 is 0 Å². The summed E-state index contributed by atoms with van der Waals surface area (Å²) in [5.74, 6) is 0.229. The predicted octanol–water partition coefficient (Wildman–Crippen LogP) is 3.51. The first-order valence-electron chi connectivity index (χ1n) is 4.76. The highest BCUT2D eigenvalue weighted by Gasteiger charge is 2.10. The van der Waals surface area contributed by atoms with Gasteiger partial charge in [-0.15, -0.1) is 0 Å². The molecule has 0 fully saturated rings. The topological polar surface area (TPSA) is 17.1 Å². The maximum absolute atomic E-state index is 11.0. The van der Waals surface area contributed by atoms with Crippen LogP contribution in [0.2, 0.25) is 0 Å². The lowest BCUT2D eigenvalue weighted by atomic mass is 9.95. The molecule has 0 N–H and O–H groups in total. The standard InChI is InChI=1S/C12H20O/c1-9(2)7-6-8-10(3)11(4)12(5)13/h7,11H,3,6,8H2,1-2,4-5H3. The average Bonchev–Trinajstić information content (AvgIpc) is 2.02. The Balaban J connectivity index is 3.89. The quantitative estimate of drug-likeness (QED) is 0.592. The molecule has 0 spiro atoms. The molecule has 0 saturated carbocycles. The second kappa shape index (κ2) is 5.74. The summed E-state index contributed by atoms with van der Waals surface area (Å²) in [5.41, 5.74) is 2.37. The number of hydrogen-bond donors (Lipinski definition) is 0. The van der Waals surface area contributed by atoms with Gasteiger partial charge in [-0.05, 0) is 33.6 Å². The molecule has 0 heterocycles. The van der Waals surface area contributed by atoms with E-state index in [2.05, 4.69) is 26.5 Å². The number of ketones is 1. The molecule has 0 aromatic carbocycles. The highest BCUT2D eigenvalue weighted by Crippen LogP contribution is 2.15. The molecule has 0 bridgehead atoms. The minimum Gasteiger partial charge on any atom is -0.299 e. The van der Waals surface area contributed by atoms with Crippen LogP contribution >= 0.6 is 0 Å². The van der Waals surface area contributed by atoms with Crippen molar-refractivity contribution >= 4 is 5.78 Å². The minimum atomic E-state index is 0.0190. The van der Waals surface area contributed by atoms with Crippen molar-refractivity contribution in [3.63, 3.8) is 0 Å². The summed E-state index contributed by atoms with van der Waals surface area (Å²) in [6.45, 7) is 11.6. The molecular weight excluding hydrogens is 160 g/mol. The number of Topliss-reactive ketones (excluding diaryl/α,β-unsaturated/α-hetero) is 1. The number of rotatable bonds is 5. The van der Waals surface area contributed by atoms with E-state index in [1.165, 1.54) is 5.57 Å². The SMILES string of the molecule is C=C(CCC=C(C)C)C(C)C(C)=O. The Bertz CT molecular complexity index is 219. The molecule has 13 heavy (non-hydrogen) atoms. The second-order valence-corrected chi connectivity index (χ2v) is 3.81. The Morgan fingerprint density at radius 1 is 1.38 bits per heavy atom. The monoisotopic (exact) mass is 180 g/mol. The second-order valence-electron chi connectivity index (χ2n) is 3.81. The average molecular weight is 180 g/mol. The summed E-state index contributed by atoms with van der Waals surface area (Å²) in [6, 6.07) is 0. The van der Waals surface area contributed by atoms with Crippen LogP contribution in [0, 0.1) is 5.92 Å². The van der Waals surface area contributed by atoms with Crippen LogP contribution in [0.15, 0.2) is 23.8 Å². The smallest absolute Gasteiger partial charge is 0.136 e. The number of carbonyl (C=O) groups excluding carboxylic acids is 1. The number of hydrogen-bond acceptors (Lipinski definition) is 1. The lowest BCUT2D eigenvalue weighted by molar-refractivity contribution is -0.119. The van der Waals surface area contributed by atoms with E-state index in [0.717, 1.165) is 18.4 Å². The summed E-state index contributed by atoms with van der Waals surface area (Å²) in [5, 5.41) is 0. The summed E-state index contributed by atoms with van der Waals surface area (Å²) in [4.78, 5) is 11.0. The summed E-state index contributed by atoms with van der Waals surface area (Å²) < 4.78 is 0. The lowest BCUT2D eigenvalue weighted by Crippen LogP contribution is -2.08. The van der Waals surface area contributed by atoms with Gasteiger partial charge in [-0.2, -0.15) is 0 Å². The molecule has 0 aliphatic rings. The fourth-order valence-corrected chi connectivity index (χ4v) is 1.05. The molecule has 1 unspecified atom stereocenters. The van der Waals surface area contributed by atoms with Gasteiger partial charge >= 0.3 is 0 Å². The van der Waals surface area contributed by atoms with Crippen molar-refractivity contribution in [3.05, 3.63) is 23.8 Å². The molecule has 1 nitrogen and oxygen atoms in total. The molecular formula is C12H20O. The Morgan fingerprint density at radius 3 is 2.31 bits per heavy atom. The van der Waals surface area contributed by atoms with Crippen LogP contribution in [0.4, 0.5) is 0 Å². The molecule has 74 valence electrons. The molecule has 1 heteroatoms. The fourth-order valence-electron chi connectivity index (χ4n) is 1.05. The minimum absolute atomic E-state index is 0.0190. The molecule has 0 rings (SSSR count). The lowest BCUT2D eigenvalue weighted by Gasteiger charge is -2.09. The molecule has 0 aliphatic heterocycles. The maximum atomic E-state index is 11.0. The van der Waals surface area contributed by atoms with Crippen molar-refractivity contribution in [1.82, 2.24) is 0 Å². The van der Waals surface area contributed by atoms with E-state index in [9.17, 15) is 4.79 Å². The van der Waals surface area contributed by atoms with Crippen molar-refractivity contribution in [2.75, 3.05) is 0 Å². The zero-order valence-corrected chi connectivity index (χ0v) is 9.18. The van der Waals surface area contributed by atoms with Gasteiger partial charge in [-0.1, -0.05) is 30.7 Å². The molecule has 0 amide bonds. The Hall–Kier alpha value is -0.850. The van der Waals surface area contributed by atoms with E-state index >= 15 is 0 Å². The van der Waals surface area contributed by atoms with Gasteiger partial charge in [-0.25, -0.2) is 0 Å². The molecule has 0 aromatic heterocycles. The van der Waals surface area contributed by atoms with Gasteiger partial charge in [0.25, 0.3) is 0 Å². The highest BCUT2D eigenvalue weighted by molar-refractivity contribution is 5.80. The van der Waals surface area contributed by atoms with Crippen molar-refractivity contribution in [1.29, 1.82) is 0 Å². The summed E-state index contributed by atoms with van der Waals surface area (Å²) >= 11 is 0. The van der Waals surface area contributed by atoms with Gasteiger partial charge in [0.05, 0.1) is 0 Å². The van der Waals surface area contributed by atoms with Gasteiger partial charge in [-0.3, -0.25) is 4.79 Å². The van der Waals surface area contributed by atoms with Crippen molar-refractivity contribution in [2.45, 2.75) is 40.5 Å². The van der Waals surface area contributed by atoms with Crippen LogP contribution in [0.1, 0.15) is 40.5 Å². The van der Waals surface area contributed by atoms with Crippen LogP contribution in [0.3, 0.4) is 0 Å². The third-order valence-corrected chi connectivity index (χ3v) is 2.24. The maximum Gasteiger partial charge on any atom is 0.136 e. The first-order chi connectivity index (χ1) is 5.95. The normalized spacial score (nSPS) is 12.0. The van der Waals surface area contributed by atoms with E-state index in [0.29, 0.717) is 0 Å². The van der Waals surface area contributed by atoms with E-state index in [-0.39, 0.29) is 11.7 Å². The molecule has 1 atom stereocenters. The van der Waals surface area contributed by atoms with Crippen LogP contribution in [0.5, 0.6) is 0 Å². The molecule has 0 aliphatic carbocycles. The van der Waals surface area contributed by atoms with Crippen molar-refractivity contribution in [3.8, 4) is 0 Å². The van der Waals surface area contributed by atoms with Crippen molar-refractivity contribution in [2.24, 2.45) is 5.92 Å². The first kappa shape index (κ1) is 12.2. The Kier molecular flexibility index (Phi) is 5.36. The van der Waals surface area contributed by atoms with E-state index < -0.39 is 0 Å². The first-order valence-corrected chi connectivity index (χ1v) is 4.76. The van der Waals surface area contributed by atoms with E-state index in [1.807, 2.05) is 6.92 Å². The predicted molar refractivity (Wildman–Crippen MR) is 57.7 cm³/mol. The van der Waals surface area contributed by atoms with Gasteiger partial charge in [0.2, 0.25) is 0 Å². The molecule has 0 radical (unpaired) electrons. The fraction of sp³-hybridized carbons (Fsp3) is 0.583. The number of allylic oxidation sites excluding steroid dienone is 3. The van der Waals surface area contributed by atoms with Crippen LogP contribution in [0.25, 0.3) is 0 Å².